The van der Waals surface area contributed by atoms with Gasteiger partial charge in [0.2, 0.25) is 0 Å². The molecule has 0 N–H and O–H groups in total. The fourth-order valence-corrected chi connectivity index (χ4v) is 2.50. The first-order valence-electron chi connectivity index (χ1n) is 6.75. The van der Waals surface area contributed by atoms with E-state index in [0.29, 0.717) is 6.04 Å². The lowest BCUT2D eigenvalue weighted by atomic mass is 10.1. The van der Waals surface area contributed by atoms with Gasteiger partial charge in [-0.1, -0.05) is 6.07 Å². The highest BCUT2D eigenvalue weighted by atomic mass is 16.5. The Hall–Kier alpha value is -1.22. The zero-order valence-electron chi connectivity index (χ0n) is 11.9. The van der Waals surface area contributed by atoms with Crippen LogP contribution in [-0.2, 0) is 0 Å². The molecule has 1 heterocycles. The second kappa shape index (κ2) is 5.61. The molecule has 3 heteroatoms. The third kappa shape index (κ3) is 2.78. The maximum absolute atomic E-state index is 5.40. The molecule has 18 heavy (non-hydrogen) atoms. The monoisotopic (exact) mass is 248 g/mol. The quantitative estimate of drug-likeness (QED) is 0.817. The van der Waals surface area contributed by atoms with Gasteiger partial charge in [-0.15, -0.1) is 0 Å². The molecule has 1 aliphatic heterocycles. The molecule has 0 aromatic heterocycles. The van der Waals surface area contributed by atoms with Gasteiger partial charge in [-0.3, -0.25) is 4.90 Å². The number of benzene rings is 1. The number of piperazine rings is 1. The van der Waals surface area contributed by atoms with E-state index in [9.17, 15) is 0 Å². The Morgan fingerprint density at radius 1 is 1.11 bits per heavy atom. The SMILES string of the molecule is COc1cc(N2CCN(C(C)C)CC2)ccc1C. The molecule has 0 unspecified atom stereocenters. The van der Waals surface area contributed by atoms with Gasteiger partial charge >= 0.3 is 0 Å². The minimum atomic E-state index is 0.653. The van der Waals surface area contributed by atoms with Crippen LogP contribution in [0.1, 0.15) is 19.4 Å². The normalized spacial score (nSPS) is 17.3. The van der Waals surface area contributed by atoms with Crippen molar-refractivity contribution in [2.45, 2.75) is 26.8 Å². The van der Waals surface area contributed by atoms with Gasteiger partial charge in [0, 0.05) is 44.0 Å². The van der Waals surface area contributed by atoms with Crippen LogP contribution in [0.5, 0.6) is 5.75 Å². The van der Waals surface area contributed by atoms with E-state index in [-0.39, 0.29) is 0 Å². The van der Waals surface area contributed by atoms with Crippen molar-refractivity contribution in [3.8, 4) is 5.75 Å². The molecule has 0 radical (unpaired) electrons. The Labute approximate surface area is 110 Å². The Bertz CT molecular complexity index is 395. The molecule has 1 fully saturated rings. The highest BCUT2D eigenvalue weighted by molar-refractivity contribution is 5.53. The highest BCUT2D eigenvalue weighted by Crippen LogP contribution is 2.25. The molecule has 1 saturated heterocycles. The number of nitrogens with zero attached hydrogens (tertiary/aromatic N) is 2. The Kier molecular flexibility index (Phi) is 4.12. The van der Waals surface area contributed by atoms with Crippen LogP contribution in [-0.4, -0.2) is 44.2 Å². The Morgan fingerprint density at radius 3 is 2.33 bits per heavy atom. The maximum Gasteiger partial charge on any atom is 0.123 e. The second-order valence-corrected chi connectivity index (χ2v) is 5.27. The zero-order chi connectivity index (χ0) is 13.1. The molecule has 3 nitrogen and oxygen atoms in total. The van der Waals surface area contributed by atoms with Crippen molar-refractivity contribution < 1.29 is 4.74 Å². The van der Waals surface area contributed by atoms with E-state index in [2.05, 4.69) is 48.8 Å². The van der Waals surface area contributed by atoms with Crippen molar-refractivity contribution in [1.82, 2.24) is 4.90 Å². The molecule has 0 aliphatic carbocycles. The van der Waals surface area contributed by atoms with Crippen LogP contribution in [0.25, 0.3) is 0 Å². The lowest BCUT2D eigenvalue weighted by Crippen LogP contribution is -2.48. The molecule has 0 amide bonds. The van der Waals surface area contributed by atoms with Crippen molar-refractivity contribution in [2.75, 3.05) is 38.2 Å². The summed E-state index contributed by atoms with van der Waals surface area (Å²) in [5.41, 5.74) is 2.47. The van der Waals surface area contributed by atoms with Gasteiger partial charge in [0.15, 0.2) is 0 Å². The number of rotatable bonds is 3. The van der Waals surface area contributed by atoms with Gasteiger partial charge in [0.25, 0.3) is 0 Å². The van der Waals surface area contributed by atoms with Crippen LogP contribution in [0.3, 0.4) is 0 Å². The average molecular weight is 248 g/mol. The summed E-state index contributed by atoms with van der Waals surface area (Å²) in [6, 6.07) is 7.14. The number of hydrogen-bond donors (Lipinski definition) is 0. The van der Waals surface area contributed by atoms with Crippen LogP contribution < -0.4 is 9.64 Å². The highest BCUT2D eigenvalue weighted by Gasteiger charge is 2.19. The van der Waals surface area contributed by atoms with E-state index < -0.39 is 0 Å². The summed E-state index contributed by atoms with van der Waals surface area (Å²) in [7, 11) is 1.74. The Balaban J connectivity index is 2.05. The molecule has 1 aliphatic rings. The minimum Gasteiger partial charge on any atom is -0.496 e. The molecule has 2 rings (SSSR count). The maximum atomic E-state index is 5.40. The Morgan fingerprint density at radius 2 is 1.78 bits per heavy atom. The number of aryl methyl sites for hydroxylation is 1. The molecule has 0 bridgehead atoms. The smallest absolute Gasteiger partial charge is 0.123 e. The molecule has 0 atom stereocenters. The van der Waals surface area contributed by atoms with Crippen LogP contribution in [0.2, 0.25) is 0 Å². The summed E-state index contributed by atoms with van der Waals surface area (Å²) in [4.78, 5) is 4.97. The number of hydrogen-bond acceptors (Lipinski definition) is 3. The fraction of sp³-hybridized carbons (Fsp3) is 0.600. The van der Waals surface area contributed by atoms with Crippen LogP contribution >= 0.6 is 0 Å². The van der Waals surface area contributed by atoms with Crippen molar-refractivity contribution in [2.24, 2.45) is 0 Å². The molecule has 1 aromatic rings. The standard InChI is InChI=1S/C15H24N2O/c1-12(2)16-7-9-17(10-8-16)14-6-5-13(3)15(11-14)18-4/h5-6,11-12H,7-10H2,1-4H3. The summed E-state index contributed by atoms with van der Waals surface area (Å²) >= 11 is 0. The third-order valence-electron chi connectivity index (χ3n) is 3.80. The van der Waals surface area contributed by atoms with Crippen LogP contribution in [0, 0.1) is 6.92 Å². The van der Waals surface area contributed by atoms with Gasteiger partial charge in [-0.25, -0.2) is 0 Å². The van der Waals surface area contributed by atoms with E-state index in [0.717, 1.165) is 31.9 Å². The second-order valence-electron chi connectivity index (χ2n) is 5.27. The largest absolute Gasteiger partial charge is 0.496 e. The number of methoxy groups -OCH3 is 1. The van der Waals surface area contributed by atoms with Crippen LogP contribution in [0.4, 0.5) is 5.69 Å². The third-order valence-corrected chi connectivity index (χ3v) is 3.80. The first-order chi connectivity index (χ1) is 8.61. The molecule has 100 valence electrons. The molecular formula is C15H24N2O. The first kappa shape index (κ1) is 13.2. The number of anilines is 1. The van der Waals surface area contributed by atoms with Crippen molar-refractivity contribution in [3.05, 3.63) is 23.8 Å². The van der Waals surface area contributed by atoms with Gasteiger partial charge in [-0.2, -0.15) is 0 Å². The summed E-state index contributed by atoms with van der Waals surface area (Å²) in [5, 5.41) is 0. The topological polar surface area (TPSA) is 15.7 Å². The van der Waals surface area contributed by atoms with Crippen molar-refractivity contribution in [3.63, 3.8) is 0 Å². The predicted octanol–water partition coefficient (Wildman–Crippen LogP) is 2.53. The summed E-state index contributed by atoms with van der Waals surface area (Å²) in [6.07, 6.45) is 0. The zero-order valence-corrected chi connectivity index (χ0v) is 11.9. The lowest BCUT2D eigenvalue weighted by molar-refractivity contribution is 0.209. The average Bonchev–Trinajstić information content (AvgIpc) is 2.39. The van der Waals surface area contributed by atoms with E-state index in [1.807, 2.05) is 0 Å². The van der Waals surface area contributed by atoms with Crippen molar-refractivity contribution in [1.29, 1.82) is 0 Å². The van der Waals surface area contributed by atoms with Crippen molar-refractivity contribution >= 4 is 5.69 Å². The van der Waals surface area contributed by atoms with E-state index in [1.165, 1.54) is 11.3 Å². The van der Waals surface area contributed by atoms with Gasteiger partial charge in [-0.05, 0) is 32.4 Å². The summed E-state index contributed by atoms with van der Waals surface area (Å²) in [5.74, 6) is 0.985. The molecule has 0 saturated carbocycles. The van der Waals surface area contributed by atoms with E-state index in [4.69, 9.17) is 4.74 Å². The fourth-order valence-electron chi connectivity index (χ4n) is 2.50. The predicted molar refractivity (Wildman–Crippen MR) is 76.7 cm³/mol. The van der Waals surface area contributed by atoms with Gasteiger partial charge < -0.3 is 9.64 Å². The summed E-state index contributed by atoms with van der Waals surface area (Å²) < 4.78 is 5.40. The van der Waals surface area contributed by atoms with Gasteiger partial charge in [0.1, 0.15) is 5.75 Å². The lowest BCUT2D eigenvalue weighted by Gasteiger charge is -2.38. The molecule has 0 spiro atoms. The molecule has 1 aromatic carbocycles. The summed E-state index contributed by atoms with van der Waals surface area (Å²) in [6.45, 7) is 11.1. The minimum absolute atomic E-state index is 0.653. The molecular weight excluding hydrogens is 224 g/mol. The number of ether oxygens (including phenoxy) is 1. The van der Waals surface area contributed by atoms with Gasteiger partial charge in [0.05, 0.1) is 7.11 Å². The van der Waals surface area contributed by atoms with E-state index in [1.54, 1.807) is 7.11 Å². The van der Waals surface area contributed by atoms with Crippen LogP contribution in [0.15, 0.2) is 18.2 Å². The first-order valence-corrected chi connectivity index (χ1v) is 6.75. The van der Waals surface area contributed by atoms with E-state index >= 15 is 0 Å².